The molecule has 1 aromatic heterocycles. The van der Waals surface area contributed by atoms with Crippen LogP contribution in [0.5, 0.6) is 0 Å². The predicted molar refractivity (Wildman–Crippen MR) is 117 cm³/mol. The van der Waals surface area contributed by atoms with E-state index in [0.717, 1.165) is 6.54 Å². The molecule has 3 nitrogen and oxygen atoms in total. The van der Waals surface area contributed by atoms with E-state index in [9.17, 15) is 0 Å². The van der Waals surface area contributed by atoms with Crippen molar-refractivity contribution in [3.63, 3.8) is 0 Å². The first-order chi connectivity index (χ1) is 12.5. The molecule has 0 fully saturated rings. The summed E-state index contributed by atoms with van der Waals surface area (Å²) in [7, 11) is 8.40. The Morgan fingerprint density at radius 2 is 1.19 bits per heavy atom. The van der Waals surface area contributed by atoms with Crippen LogP contribution in [-0.2, 0) is 6.54 Å². The summed E-state index contributed by atoms with van der Waals surface area (Å²) in [6.45, 7) is 7.31. The van der Waals surface area contributed by atoms with Crippen LogP contribution in [0, 0.1) is 0 Å². The third kappa shape index (κ3) is 4.09. The van der Waals surface area contributed by atoms with Crippen molar-refractivity contribution in [1.82, 2.24) is 0 Å². The monoisotopic (exact) mass is 352 g/mol. The van der Waals surface area contributed by atoms with Crippen LogP contribution in [0.25, 0.3) is 21.8 Å². The topological polar surface area (TPSA) is 10.4 Å². The molecule has 1 heterocycles. The lowest BCUT2D eigenvalue weighted by Crippen LogP contribution is -2.36. The number of aromatic nitrogens is 1. The number of fused-ring (bicyclic) bond motifs is 2. The van der Waals surface area contributed by atoms with E-state index >= 15 is 0 Å². The highest BCUT2D eigenvalue weighted by Gasteiger charge is 2.17. The van der Waals surface area contributed by atoms with Crippen molar-refractivity contribution >= 4 is 33.2 Å². The van der Waals surface area contributed by atoms with Gasteiger partial charge in [-0.15, -0.1) is 0 Å². The Balaban J connectivity index is 0.00000117. The number of aryl methyl sites for hydroxylation is 1. The van der Waals surface area contributed by atoms with E-state index in [1.165, 1.54) is 46.0 Å². The third-order valence-electron chi connectivity index (χ3n) is 4.69. The van der Waals surface area contributed by atoms with E-state index in [1.54, 1.807) is 0 Å². The summed E-state index contributed by atoms with van der Waals surface area (Å²) in [5.41, 5.74) is 5.13. The summed E-state index contributed by atoms with van der Waals surface area (Å²) >= 11 is 0. The van der Waals surface area contributed by atoms with Crippen molar-refractivity contribution < 1.29 is 4.57 Å². The zero-order valence-electron chi connectivity index (χ0n) is 17.5. The maximum absolute atomic E-state index is 2.49. The van der Waals surface area contributed by atoms with Crippen LogP contribution in [0.4, 0.5) is 11.4 Å². The molecule has 2 aromatic carbocycles. The number of rotatable bonds is 5. The van der Waals surface area contributed by atoms with E-state index in [-0.39, 0.29) is 0 Å². The number of hydrogen-bond acceptors (Lipinski definition) is 2. The van der Waals surface area contributed by atoms with Gasteiger partial charge in [0.1, 0.15) is 6.54 Å². The summed E-state index contributed by atoms with van der Waals surface area (Å²) in [5, 5.41) is 2.61. The molecule has 0 saturated carbocycles. The first-order valence-electron chi connectivity index (χ1n) is 9.76. The fourth-order valence-corrected chi connectivity index (χ4v) is 3.19. The molecule has 0 radical (unpaired) electrons. The number of anilines is 2. The minimum atomic E-state index is 1.05. The maximum atomic E-state index is 2.49. The van der Waals surface area contributed by atoms with Crippen molar-refractivity contribution in [2.24, 2.45) is 0 Å². The average molecular weight is 353 g/mol. The Morgan fingerprint density at radius 1 is 0.731 bits per heavy atom. The minimum absolute atomic E-state index is 1.05. The van der Waals surface area contributed by atoms with Crippen LogP contribution >= 0.6 is 0 Å². The van der Waals surface area contributed by atoms with Gasteiger partial charge in [-0.1, -0.05) is 27.2 Å². The van der Waals surface area contributed by atoms with Crippen LogP contribution in [-0.4, -0.2) is 28.2 Å². The molecule has 0 amide bonds. The summed E-state index contributed by atoms with van der Waals surface area (Å²) in [4.78, 5) is 4.34. The normalized spacial score (nSPS) is 10.6. The van der Waals surface area contributed by atoms with Gasteiger partial charge in [0, 0.05) is 68.9 Å². The molecule has 26 heavy (non-hydrogen) atoms. The summed E-state index contributed by atoms with van der Waals surface area (Å²) in [5.74, 6) is 0. The lowest BCUT2D eigenvalue weighted by atomic mass is 10.1. The molecule has 0 saturated heterocycles. The van der Waals surface area contributed by atoms with E-state index in [0.29, 0.717) is 0 Å². The highest BCUT2D eigenvalue weighted by Crippen LogP contribution is 2.25. The van der Waals surface area contributed by atoms with Crippen LogP contribution in [0.15, 0.2) is 42.5 Å². The second kappa shape index (κ2) is 8.88. The second-order valence-electron chi connectivity index (χ2n) is 6.92. The van der Waals surface area contributed by atoms with Crippen LogP contribution in [0.3, 0.4) is 0 Å². The van der Waals surface area contributed by atoms with Gasteiger partial charge in [0.25, 0.3) is 0 Å². The summed E-state index contributed by atoms with van der Waals surface area (Å²) in [6.07, 6.45) is 2.39. The van der Waals surface area contributed by atoms with Gasteiger partial charge in [-0.2, -0.15) is 4.57 Å². The molecule has 0 spiro atoms. The smallest absolute Gasteiger partial charge is 0.215 e. The lowest BCUT2D eigenvalue weighted by Gasteiger charge is -2.15. The van der Waals surface area contributed by atoms with Gasteiger partial charge in [-0.3, -0.25) is 0 Å². The molecule has 0 atom stereocenters. The molecule has 0 N–H and O–H groups in total. The van der Waals surface area contributed by atoms with E-state index in [2.05, 4.69) is 91.9 Å². The SMILES string of the molecule is CC.CCCC[n+]1c2cc(N(C)C)ccc2cc2ccc(N(C)C)cc21. The Hall–Kier alpha value is -2.29. The van der Waals surface area contributed by atoms with Gasteiger partial charge in [0.15, 0.2) is 0 Å². The number of benzene rings is 2. The number of hydrogen-bond donors (Lipinski definition) is 0. The second-order valence-corrected chi connectivity index (χ2v) is 6.92. The van der Waals surface area contributed by atoms with Crippen LogP contribution in [0.1, 0.15) is 33.6 Å². The molecule has 0 unspecified atom stereocenters. The van der Waals surface area contributed by atoms with Gasteiger partial charge >= 0.3 is 0 Å². The van der Waals surface area contributed by atoms with Crippen molar-refractivity contribution in [3.05, 3.63) is 42.5 Å². The third-order valence-corrected chi connectivity index (χ3v) is 4.69. The first-order valence-corrected chi connectivity index (χ1v) is 9.76. The van der Waals surface area contributed by atoms with Crippen molar-refractivity contribution in [1.29, 1.82) is 0 Å². The number of nitrogens with zero attached hydrogens (tertiary/aromatic N) is 3. The van der Waals surface area contributed by atoms with Gasteiger partial charge in [0.05, 0.1) is 0 Å². The Morgan fingerprint density at radius 3 is 1.58 bits per heavy atom. The van der Waals surface area contributed by atoms with Gasteiger partial charge < -0.3 is 9.80 Å². The highest BCUT2D eigenvalue weighted by molar-refractivity contribution is 5.91. The van der Waals surface area contributed by atoms with Gasteiger partial charge in [0.2, 0.25) is 11.0 Å². The van der Waals surface area contributed by atoms with Gasteiger partial charge in [-0.05, 0) is 30.3 Å². The molecule has 0 aliphatic carbocycles. The van der Waals surface area contributed by atoms with E-state index in [1.807, 2.05) is 13.8 Å². The van der Waals surface area contributed by atoms with Crippen molar-refractivity contribution in [2.75, 3.05) is 38.0 Å². The summed E-state index contributed by atoms with van der Waals surface area (Å²) in [6, 6.07) is 15.8. The van der Waals surface area contributed by atoms with Crippen LogP contribution in [0.2, 0.25) is 0 Å². The molecule has 3 rings (SSSR count). The van der Waals surface area contributed by atoms with Crippen molar-refractivity contribution in [2.45, 2.75) is 40.2 Å². The van der Waals surface area contributed by atoms with Crippen LogP contribution < -0.4 is 14.4 Å². The molecule has 0 bridgehead atoms. The van der Waals surface area contributed by atoms with E-state index in [4.69, 9.17) is 0 Å². The fraction of sp³-hybridized carbons (Fsp3) is 0.435. The zero-order chi connectivity index (χ0) is 19.3. The molecular formula is C23H34N3+. The molecule has 140 valence electrons. The first kappa shape index (κ1) is 20.0. The predicted octanol–water partition coefficient (Wildman–Crippen LogP) is 5.24. The molecule has 3 aromatic rings. The maximum Gasteiger partial charge on any atom is 0.215 e. The fourth-order valence-electron chi connectivity index (χ4n) is 3.19. The largest absolute Gasteiger partial charge is 0.377 e. The van der Waals surface area contributed by atoms with Crippen molar-refractivity contribution in [3.8, 4) is 0 Å². The Kier molecular flexibility index (Phi) is 6.84. The molecule has 3 heteroatoms. The lowest BCUT2D eigenvalue weighted by molar-refractivity contribution is -0.645. The molecular weight excluding hydrogens is 318 g/mol. The molecule has 0 aliphatic heterocycles. The summed E-state index contributed by atoms with van der Waals surface area (Å²) < 4.78 is 2.49. The molecule has 0 aliphatic rings. The average Bonchev–Trinajstić information content (AvgIpc) is 2.65. The zero-order valence-corrected chi connectivity index (χ0v) is 17.5. The minimum Gasteiger partial charge on any atom is -0.377 e. The van der Waals surface area contributed by atoms with E-state index < -0.39 is 0 Å². The van der Waals surface area contributed by atoms with Gasteiger partial charge in [-0.25, -0.2) is 0 Å². The number of pyridine rings is 1. The Labute approximate surface area is 158 Å². The quantitative estimate of drug-likeness (QED) is 0.459. The number of unbranched alkanes of at least 4 members (excludes halogenated alkanes) is 1. The Bertz CT molecular complexity index is 800. The standard InChI is InChI=1S/C21H28N3.C2H6/c1-6-7-12-24-20-14-18(22(2)3)10-8-16(20)13-17-9-11-19(23(4)5)15-21(17)24;1-2/h8-11,13-15H,6-7,12H2,1-5H3;1-2H3/q+1;. The highest BCUT2D eigenvalue weighted by atomic mass is 15.1.